The number of allylic oxidation sites excluding steroid dienone is 4. The average molecular weight is 687 g/mol. The summed E-state index contributed by atoms with van der Waals surface area (Å²) < 4.78 is 11.8. The SMILES string of the molecule is C=C(C)[C@@H]1CCC(C)=C[C@H]1c1c(O)cc(CCCCC)cc1OC/C=C/C1=C(C(=O)O)N2C(=O)[C@@H](NC(=O)COc3ccccc3)[C@H]2SC1. The zero-order valence-electron chi connectivity index (χ0n) is 28.4. The number of amides is 2. The van der Waals surface area contributed by atoms with E-state index in [1.807, 2.05) is 25.1 Å². The van der Waals surface area contributed by atoms with E-state index in [2.05, 4.69) is 31.8 Å². The molecule has 3 N–H and O–H groups in total. The van der Waals surface area contributed by atoms with E-state index < -0.39 is 29.2 Å². The third kappa shape index (κ3) is 8.41. The number of carbonyl (C=O) groups is 3. The molecule has 10 heteroatoms. The van der Waals surface area contributed by atoms with E-state index >= 15 is 0 Å². The Hall–Kier alpha value is -4.44. The third-order valence-electron chi connectivity index (χ3n) is 9.25. The van der Waals surface area contributed by atoms with Gasteiger partial charge >= 0.3 is 5.97 Å². The number of ether oxygens (including phenoxy) is 2. The van der Waals surface area contributed by atoms with Gasteiger partial charge in [0.15, 0.2) is 6.61 Å². The number of para-hydroxylation sites is 1. The monoisotopic (exact) mass is 686 g/mol. The molecule has 0 aromatic heterocycles. The van der Waals surface area contributed by atoms with E-state index in [9.17, 15) is 24.6 Å². The lowest BCUT2D eigenvalue weighted by atomic mass is 9.73. The van der Waals surface area contributed by atoms with Crippen molar-refractivity contribution < 1.29 is 34.1 Å². The number of phenols is 1. The Morgan fingerprint density at radius 3 is 2.65 bits per heavy atom. The second-order valence-electron chi connectivity index (χ2n) is 13.0. The zero-order chi connectivity index (χ0) is 35.1. The number of carboxylic acids is 1. The van der Waals surface area contributed by atoms with Crippen molar-refractivity contribution in [1.29, 1.82) is 0 Å². The molecule has 2 aliphatic heterocycles. The quantitative estimate of drug-likeness (QED) is 0.105. The first kappa shape index (κ1) is 35.9. The maximum Gasteiger partial charge on any atom is 0.352 e. The first-order valence-electron chi connectivity index (χ1n) is 16.9. The summed E-state index contributed by atoms with van der Waals surface area (Å²) in [5.74, 6) is -0.355. The normalized spacial score (nSPS) is 21.9. The van der Waals surface area contributed by atoms with E-state index in [4.69, 9.17) is 9.47 Å². The molecular formula is C39H46N2O7S. The van der Waals surface area contributed by atoms with E-state index in [1.54, 1.807) is 36.4 Å². The highest BCUT2D eigenvalue weighted by molar-refractivity contribution is 8.00. The van der Waals surface area contributed by atoms with Crippen LogP contribution >= 0.6 is 11.8 Å². The van der Waals surface area contributed by atoms with Crippen LogP contribution in [-0.2, 0) is 20.8 Å². The number of aryl methyl sites for hydroxylation is 1. The Labute approximate surface area is 292 Å². The minimum atomic E-state index is -1.21. The molecular weight excluding hydrogens is 641 g/mol. The van der Waals surface area contributed by atoms with Crippen LogP contribution in [-0.4, -0.2) is 63.3 Å². The van der Waals surface area contributed by atoms with Gasteiger partial charge in [-0.3, -0.25) is 14.5 Å². The fourth-order valence-corrected chi connectivity index (χ4v) is 8.05. The molecule has 49 heavy (non-hydrogen) atoms. The highest BCUT2D eigenvalue weighted by Gasteiger charge is 2.54. The number of nitrogens with zero attached hydrogens (tertiary/aromatic N) is 1. The summed E-state index contributed by atoms with van der Waals surface area (Å²) in [7, 11) is 0. The number of hydrogen-bond acceptors (Lipinski definition) is 7. The minimum Gasteiger partial charge on any atom is -0.507 e. The summed E-state index contributed by atoms with van der Waals surface area (Å²) in [6, 6.07) is 11.9. The molecule has 2 aromatic carbocycles. The number of nitrogens with one attached hydrogen (secondary N) is 1. The fraction of sp³-hybridized carbons (Fsp3) is 0.410. The molecule has 9 nitrogen and oxygen atoms in total. The average Bonchev–Trinajstić information content (AvgIpc) is 3.08. The molecule has 0 radical (unpaired) electrons. The molecule has 0 bridgehead atoms. The van der Waals surface area contributed by atoms with E-state index in [1.165, 1.54) is 22.2 Å². The van der Waals surface area contributed by atoms with Crippen LogP contribution in [0, 0.1) is 5.92 Å². The van der Waals surface area contributed by atoms with Gasteiger partial charge in [0, 0.05) is 17.2 Å². The summed E-state index contributed by atoms with van der Waals surface area (Å²) in [5, 5.41) is 23.6. The van der Waals surface area contributed by atoms with Crippen molar-refractivity contribution in [3.8, 4) is 17.2 Å². The number of hydrogen-bond donors (Lipinski definition) is 3. The molecule has 3 aliphatic rings. The molecule has 2 amide bonds. The molecule has 5 rings (SSSR count). The topological polar surface area (TPSA) is 125 Å². The maximum atomic E-state index is 13.1. The largest absolute Gasteiger partial charge is 0.507 e. The smallest absolute Gasteiger partial charge is 0.352 e. The number of carboxylic acid groups (broad SMARTS) is 1. The molecule has 1 fully saturated rings. The van der Waals surface area contributed by atoms with Crippen molar-refractivity contribution in [3.05, 3.63) is 101 Å². The van der Waals surface area contributed by atoms with Crippen LogP contribution in [0.1, 0.15) is 69.9 Å². The van der Waals surface area contributed by atoms with Crippen LogP contribution < -0.4 is 14.8 Å². The number of benzene rings is 2. The minimum absolute atomic E-state index is 0.0707. The number of thioether (sulfide) groups is 1. The highest BCUT2D eigenvalue weighted by Crippen LogP contribution is 2.47. The predicted octanol–water partition coefficient (Wildman–Crippen LogP) is 6.89. The number of fused-ring (bicyclic) bond motifs is 1. The van der Waals surface area contributed by atoms with Crippen LogP contribution in [0.2, 0.25) is 0 Å². The fourth-order valence-electron chi connectivity index (χ4n) is 6.73. The number of unbranched alkanes of at least 4 members (excludes halogenated alkanes) is 2. The Bertz CT molecular complexity index is 1660. The van der Waals surface area contributed by atoms with Gasteiger partial charge < -0.3 is 25.0 Å². The lowest BCUT2D eigenvalue weighted by Gasteiger charge is -2.49. The molecule has 2 aromatic rings. The number of aromatic hydroxyl groups is 1. The van der Waals surface area contributed by atoms with Gasteiger partial charge in [-0.15, -0.1) is 11.8 Å². The second-order valence-corrected chi connectivity index (χ2v) is 14.1. The number of β-lactam (4-membered cyclic amide) rings is 1. The Morgan fingerprint density at radius 1 is 1.16 bits per heavy atom. The molecule has 1 saturated heterocycles. The number of aliphatic carboxylic acids is 1. The van der Waals surface area contributed by atoms with Gasteiger partial charge in [-0.2, -0.15) is 0 Å². The third-order valence-corrected chi connectivity index (χ3v) is 10.5. The van der Waals surface area contributed by atoms with Crippen molar-refractivity contribution >= 4 is 29.5 Å². The van der Waals surface area contributed by atoms with Crippen molar-refractivity contribution in [1.82, 2.24) is 10.2 Å². The molecule has 4 atom stereocenters. The van der Waals surface area contributed by atoms with Crippen molar-refractivity contribution in [2.75, 3.05) is 19.0 Å². The van der Waals surface area contributed by atoms with Crippen molar-refractivity contribution in [3.63, 3.8) is 0 Å². The van der Waals surface area contributed by atoms with Gasteiger partial charge in [0.2, 0.25) is 0 Å². The van der Waals surface area contributed by atoms with Gasteiger partial charge in [0.1, 0.15) is 41.0 Å². The van der Waals surface area contributed by atoms with Gasteiger partial charge in [-0.1, -0.05) is 67.8 Å². The first-order valence-corrected chi connectivity index (χ1v) is 18.0. The van der Waals surface area contributed by atoms with Crippen LogP contribution in [0.15, 0.2) is 89.7 Å². The molecule has 0 unspecified atom stereocenters. The summed E-state index contributed by atoms with van der Waals surface area (Å²) in [5.41, 5.74) is 4.47. The lowest BCUT2D eigenvalue weighted by Crippen LogP contribution is -2.70. The Morgan fingerprint density at radius 2 is 1.94 bits per heavy atom. The number of rotatable bonds is 15. The summed E-state index contributed by atoms with van der Waals surface area (Å²) in [4.78, 5) is 39.2. The van der Waals surface area contributed by atoms with Gasteiger partial charge in [0.05, 0.1) is 0 Å². The molecule has 1 aliphatic carbocycles. The molecule has 260 valence electrons. The highest BCUT2D eigenvalue weighted by atomic mass is 32.2. The summed E-state index contributed by atoms with van der Waals surface area (Å²) >= 11 is 1.39. The van der Waals surface area contributed by atoms with Gasteiger partial charge in [-0.25, -0.2) is 4.79 Å². The van der Waals surface area contributed by atoms with Gasteiger partial charge in [0.25, 0.3) is 11.8 Å². The maximum absolute atomic E-state index is 13.1. The van der Waals surface area contributed by atoms with Crippen LogP contribution in [0.4, 0.5) is 0 Å². The van der Waals surface area contributed by atoms with E-state index in [-0.39, 0.29) is 36.5 Å². The Kier molecular flexibility index (Phi) is 11.9. The number of carbonyl (C=O) groups excluding carboxylic acids is 2. The molecule has 0 spiro atoms. The zero-order valence-corrected chi connectivity index (χ0v) is 29.3. The summed E-state index contributed by atoms with van der Waals surface area (Å²) in [6.07, 6.45) is 11.6. The van der Waals surface area contributed by atoms with E-state index in [0.717, 1.165) is 55.2 Å². The van der Waals surface area contributed by atoms with E-state index in [0.29, 0.717) is 22.8 Å². The van der Waals surface area contributed by atoms with Gasteiger partial charge in [-0.05, 0) is 86.9 Å². The molecule has 0 saturated carbocycles. The van der Waals surface area contributed by atoms with Crippen molar-refractivity contribution in [2.45, 2.75) is 76.6 Å². The van der Waals surface area contributed by atoms with Crippen LogP contribution in [0.5, 0.6) is 17.2 Å². The molecule has 2 heterocycles. The van der Waals surface area contributed by atoms with Crippen molar-refractivity contribution in [2.24, 2.45) is 5.92 Å². The van der Waals surface area contributed by atoms with Crippen LogP contribution in [0.3, 0.4) is 0 Å². The van der Waals surface area contributed by atoms with Crippen LogP contribution in [0.25, 0.3) is 0 Å². The number of phenolic OH excluding ortho intramolecular Hbond substituents is 1. The lowest BCUT2D eigenvalue weighted by molar-refractivity contribution is -0.150. The second kappa shape index (κ2) is 16.3. The summed E-state index contributed by atoms with van der Waals surface area (Å²) in [6.45, 7) is 10.4. The first-order chi connectivity index (χ1) is 23.6. The standard InChI is InChI=1S/C39H46N2O7S/c1-5-6-8-12-26-20-31(42)34(30-19-25(4)16-17-29(30)24(2)3)32(21-26)47-18-11-13-27-23-49-38-35(37(44)41(38)36(27)39(45)46)40-33(43)22-48-28-14-9-7-10-15-28/h7,9-11,13-15,19-21,29-30,35,38,42H,2,5-6,8,12,16-18,22-23H2,1,3-4H3,(H,40,43)(H,45,46)/b13-11+/t29-,30+,35+,38+/m0/s1. The Balaban J connectivity index is 1.30. The predicted molar refractivity (Wildman–Crippen MR) is 192 cm³/mol.